The minimum absolute atomic E-state index is 0.0858. The highest BCUT2D eigenvalue weighted by Crippen LogP contribution is 2.67. The van der Waals surface area contributed by atoms with E-state index in [9.17, 15) is 9.36 Å². The number of fused-ring (bicyclic) bond motifs is 5. The molecule has 6 heteroatoms. The van der Waals surface area contributed by atoms with Crippen LogP contribution in [-0.2, 0) is 18.4 Å². The molecular formula is C32H55O5P. The summed E-state index contributed by atoms with van der Waals surface area (Å²) in [6.45, 7) is 15.4. The van der Waals surface area contributed by atoms with Crippen molar-refractivity contribution in [3.05, 3.63) is 11.6 Å². The van der Waals surface area contributed by atoms with E-state index in [0.717, 1.165) is 54.8 Å². The summed E-state index contributed by atoms with van der Waals surface area (Å²) in [5, 5.41) is 9.10. The standard InChI is InChI=1S/C32H55O5P/c1-21(2)9-8-10-22(3)27-13-14-28-26-12-11-24-19-25(37-38(7,35)36-20-23(4)30(33)34)15-17-31(24,5)29(26)16-18-32(27,28)6/h11,21-23,25-29H,8-10,12-20H2,1-7H3,(H,33,34). The van der Waals surface area contributed by atoms with Gasteiger partial charge in [0.15, 0.2) is 0 Å². The van der Waals surface area contributed by atoms with E-state index in [2.05, 4.69) is 40.7 Å². The van der Waals surface area contributed by atoms with Crippen LogP contribution in [0.15, 0.2) is 11.6 Å². The predicted molar refractivity (Wildman–Crippen MR) is 154 cm³/mol. The molecule has 0 heterocycles. The van der Waals surface area contributed by atoms with Gasteiger partial charge in [0.1, 0.15) is 0 Å². The van der Waals surface area contributed by atoms with Crippen molar-refractivity contribution < 1.29 is 23.5 Å². The van der Waals surface area contributed by atoms with Crippen molar-refractivity contribution in [3.63, 3.8) is 0 Å². The Balaban J connectivity index is 1.39. The maximum atomic E-state index is 13.0. The summed E-state index contributed by atoms with van der Waals surface area (Å²) < 4.78 is 24.4. The number of hydrogen-bond donors (Lipinski definition) is 1. The second-order valence-electron chi connectivity index (χ2n) is 14.6. The maximum Gasteiger partial charge on any atom is 0.327 e. The number of carboxylic acids is 1. The molecule has 0 saturated heterocycles. The zero-order chi connectivity index (χ0) is 27.9. The molecule has 3 saturated carbocycles. The first-order chi connectivity index (χ1) is 17.8. The van der Waals surface area contributed by atoms with Crippen molar-refractivity contribution >= 4 is 13.6 Å². The second kappa shape index (κ2) is 11.7. The lowest BCUT2D eigenvalue weighted by molar-refractivity contribution is -0.142. The topological polar surface area (TPSA) is 72.8 Å². The van der Waals surface area contributed by atoms with Gasteiger partial charge < -0.3 is 14.2 Å². The van der Waals surface area contributed by atoms with E-state index in [1.54, 1.807) is 6.92 Å². The van der Waals surface area contributed by atoms with Crippen LogP contribution in [0.5, 0.6) is 0 Å². The lowest BCUT2D eigenvalue weighted by Crippen LogP contribution is -2.51. The van der Waals surface area contributed by atoms with Crippen LogP contribution >= 0.6 is 7.60 Å². The first kappa shape index (κ1) is 30.3. The first-order valence-corrected chi connectivity index (χ1v) is 17.6. The van der Waals surface area contributed by atoms with E-state index in [-0.39, 0.29) is 18.1 Å². The fourth-order valence-electron chi connectivity index (χ4n) is 9.36. The third kappa shape index (κ3) is 6.15. The van der Waals surface area contributed by atoms with E-state index < -0.39 is 19.5 Å². The van der Waals surface area contributed by atoms with Crippen molar-refractivity contribution in [3.8, 4) is 0 Å². The highest BCUT2D eigenvalue weighted by molar-refractivity contribution is 7.53. The van der Waals surface area contributed by atoms with Crippen LogP contribution in [0.25, 0.3) is 0 Å². The van der Waals surface area contributed by atoms with Gasteiger partial charge in [-0.15, -0.1) is 0 Å². The van der Waals surface area contributed by atoms with Gasteiger partial charge in [0, 0.05) is 6.66 Å². The van der Waals surface area contributed by atoms with Gasteiger partial charge in [-0.1, -0.05) is 65.5 Å². The molecule has 0 radical (unpaired) electrons. The molecule has 10 unspecified atom stereocenters. The molecule has 218 valence electrons. The third-order valence-electron chi connectivity index (χ3n) is 11.6. The normalized spacial score (nSPS) is 39.9. The molecule has 4 rings (SSSR count). The Labute approximate surface area is 232 Å². The van der Waals surface area contributed by atoms with Crippen molar-refractivity contribution in [2.75, 3.05) is 13.3 Å². The van der Waals surface area contributed by atoms with Crippen LogP contribution < -0.4 is 0 Å². The van der Waals surface area contributed by atoms with E-state index in [4.69, 9.17) is 14.2 Å². The van der Waals surface area contributed by atoms with Crippen LogP contribution in [0.3, 0.4) is 0 Å². The summed E-state index contributed by atoms with van der Waals surface area (Å²) in [6, 6.07) is 0. The fraction of sp³-hybridized carbons (Fsp3) is 0.906. The quantitative estimate of drug-likeness (QED) is 0.205. The molecule has 0 spiro atoms. The highest BCUT2D eigenvalue weighted by atomic mass is 31.2. The largest absolute Gasteiger partial charge is 0.481 e. The van der Waals surface area contributed by atoms with E-state index in [0.29, 0.717) is 5.41 Å². The molecule has 0 aliphatic heterocycles. The summed E-state index contributed by atoms with van der Waals surface area (Å²) in [6.07, 6.45) is 16.1. The van der Waals surface area contributed by atoms with Gasteiger partial charge in [-0.2, -0.15) is 0 Å². The average molecular weight is 551 g/mol. The molecule has 0 amide bonds. The molecule has 4 aliphatic carbocycles. The number of allylic oxidation sites excluding steroid dienone is 1. The first-order valence-electron chi connectivity index (χ1n) is 15.6. The zero-order valence-electron chi connectivity index (χ0n) is 25.2. The molecule has 0 aromatic rings. The lowest BCUT2D eigenvalue weighted by atomic mass is 9.47. The molecule has 0 aromatic carbocycles. The lowest BCUT2D eigenvalue weighted by Gasteiger charge is -2.58. The number of carboxylic acid groups (broad SMARTS) is 1. The van der Waals surface area contributed by atoms with Crippen molar-refractivity contribution in [2.24, 2.45) is 52.3 Å². The number of carbonyl (C=O) groups is 1. The Morgan fingerprint density at radius 3 is 2.50 bits per heavy atom. The third-order valence-corrected chi connectivity index (χ3v) is 12.9. The minimum Gasteiger partial charge on any atom is -0.481 e. The molecule has 0 aromatic heterocycles. The van der Waals surface area contributed by atoms with Crippen LogP contribution in [0.1, 0.15) is 112 Å². The van der Waals surface area contributed by atoms with E-state index >= 15 is 0 Å². The van der Waals surface area contributed by atoms with Crippen LogP contribution in [0.2, 0.25) is 0 Å². The Morgan fingerprint density at radius 2 is 1.82 bits per heavy atom. The fourth-order valence-corrected chi connectivity index (χ4v) is 10.6. The van der Waals surface area contributed by atoms with Gasteiger partial charge >= 0.3 is 13.6 Å². The van der Waals surface area contributed by atoms with Gasteiger partial charge in [-0.05, 0) is 105 Å². The maximum absolute atomic E-state index is 13.0. The molecule has 4 aliphatic rings. The monoisotopic (exact) mass is 550 g/mol. The van der Waals surface area contributed by atoms with Crippen LogP contribution in [0.4, 0.5) is 0 Å². The highest BCUT2D eigenvalue weighted by Gasteiger charge is 2.59. The summed E-state index contributed by atoms with van der Waals surface area (Å²) in [7, 11) is -3.30. The van der Waals surface area contributed by atoms with Crippen molar-refractivity contribution in [2.45, 2.75) is 118 Å². The zero-order valence-corrected chi connectivity index (χ0v) is 26.1. The Hall–Kier alpha value is -0.640. The Kier molecular flexibility index (Phi) is 9.33. The van der Waals surface area contributed by atoms with Gasteiger partial charge in [0.05, 0.1) is 18.6 Å². The van der Waals surface area contributed by atoms with Crippen molar-refractivity contribution in [1.82, 2.24) is 0 Å². The summed E-state index contributed by atoms with van der Waals surface area (Å²) in [5.74, 6) is 3.28. The smallest absolute Gasteiger partial charge is 0.327 e. The molecule has 5 nitrogen and oxygen atoms in total. The average Bonchev–Trinajstić information content (AvgIpc) is 3.19. The molecule has 1 N–H and O–H groups in total. The molecule has 10 atom stereocenters. The Bertz CT molecular complexity index is 929. The number of rotatable bonds is 11. The summed E-state index contributed by atoms with van der Waals surface area (Å²) in [4.78, 5) is 11.1. The number of hydrogen-bond acceptors (Lipinski definition) is 4. The van der Waals surface area contributed by atoms with Crippen LogP contribution in [0, 0.1) is 52.3 Å². The van der Waals surface area contributed by atoms with Gasteiger partial charge in [-0.3, -0.25) is 9.36 Å². The Morgan fingerprint density at radius 1 is 1.08 bits per heavy atom. The number of aliphatic carboxylic acids is 1. The molecule has 3 fully saturated rings. The van der Waals surface area contributed by atoms with E-state index in [1.807, 2.05) is 0 Å². The summed E-state index contributed by atoms with van der Waals surface area (Å²) in [5.41, 5.74) is 2.23. The minimum atomic E-state index is -3.30. The van der Waals surface area contributed by atoms with Crippen LogP contribution in [-0.4, -0.2) is 30.5 Å². The van der Waals surface area contributed by atoms with Gasteiger partial charge in [0.2, 0.25) is 0 Å². The van der Waals surface area contributed by atoms with E-state index in [1.165, 1.54) is 63.6 Å². The van der Waals surface area contributed by atoms with Gasteiger partial charge in [0.25, 0.3) is 0 Å². The SMILES string of the molecule is CC(C)CCCC(C)C1CCC2C3CC=C4CC(OP(C)(=O)OCC(C)C(=O)O)CCC4(C)C3CCC12C. The van der Waals surface area contributed by atoms with Gasteiger partial charge in [-0.25, -0.2) is 0 Å². The predicted octanol–water partition coefficient (Wildman–Crippen LogP) is 8.97. The molecular weight excluding hydrogens is 495 g/mol. The molecule has 0 bridgehead atoms. The summed E-state index contributed by atoms with van der Waals surface area (Å²) >= 11 is 0. The van der Waals surface area contributed by atoms with Crippen molar-refractivity contribution in [1.29, 1.82) is 0 Å². The second-order valence-corrected chi connectivity index (χ2v) is 16.6. The molecule has 38 heavy (non-hydrogen) atoms.